The van der Waals surface area contributed by atoms with E-state index in [9.17, 15) is 9.59 Å². The van der Waals surface area contributed by atoms with Crippen molar-refractivity contribution in [2.24, 2.45) is 0 Å². The molecule has 1 aliphatic rings. The van der Waals surface area contributed by atoms with Gasteiger partial charge in [-0.3, -0.25) is 4.79 Å². The fourth-order valence-corrected chi connectivity index (χ4v) is 4.05. The average Bonchev–Trinajstić information content (AvgIpc) is 3.31. The molecule has 0 saturated carbocycles. The number of ether oxygens (including phenoxy) is 1. The number of benzene rings is 2. The maximum absolute atomic E-state index is 13.2. The molecule has 2 N–H and O–H groups in total. The van der Waals surface area contributed by atoms with Crippen molar-refractivity contribution >= 4 is 17.7 Å². The number of methoxy groups -OCH3 is 1. The van der Waals surface area contributed by atoms with Gasteiger partial charge in [0.15, 0.2) is 0 Å². The number of anilines is 1. The van der Waals surface area contributed by atoms with Gasteiger partial charge in [-0.2, -0.15) is 5.10 Å². The van der Waals surface area contributed by atoms with Crippen LogP contribution in [0.1, 0.15) is 50.5 Å². The maximum Gasteiger partial charge on any atom is 0.335 e. The van der Waals surface area contributed by atoms with Crippen LogP contribution in [0.4, 0.5) is 5.82 Å². The van der Waals surface area contributed by atoms with Crippen molar-refractivity contribution in [1.82, 2.24) is 15.1 Å². The smallest absolute Gasteiger partial charge is 0.335 e. The molecule has 8 nitrogen and oxygen atoms in total. The Morgan fingerprint density at radius 2 is 1.94 bits per heavy atom. The summed E-state index contributed by atoms with van der Waals surface area (Å²) in [6.45, 7) is 5.86. The van der Waals surface area contributed by atoms with Gasteiger partial charge in [0.1, 0.15) is 17.1 Å². The largest absolute Gasteiger partial charge is 0.497 e. The second-order valence-electron chi connectivity index (χ2n) is 7.90. The topological polar surface area (TPSA) is 96.7 Å². The number of nitrogens with zero attached hydrogens (tertiary/aromatic N) is 3. The molecule has 0 saturated heterocycles. The molecule has 1 aromatic heterocycles. The van der Waals surface area contributed by atoms with Crippen LogP contribution in [0, 0.1) is 6.92 Å². The van der Waals surface area contributed by atoms with E-state index >= 15 is 0 Å². The fourth-order valence-electron chi connectivity index (χ4n) is 4.05. The van der Waals surface area contributed by atoms with E-state index in [1.165, 1.54) is 0 Å². The lowest BCUT2D eigenvalue weighted by Gasteiger charge is -2.20. The second kappa shape index (κ2) is 8.74. The number of carboxylic acid groups (broad SMARTS) is 1. The molecule has 4 rings (SSSR count). The van der Waals surface area contributed by atoms with E-state index in [4.69, 9.17) is 9.84 Å². The molecule has 166 valence electrons. The molecule has 0 fully saturated rings. The van der Waals surface area contributed by atoms with Crippen LogP contribution in [0.2, 0.25) is 0 Å². The van der Waals surface area contributed by atoms with Gasteiger partial charge in [-0.25, -0.2) is 9.48 Å². The number of aryl methyl sites for hydroxylation is 1. The van der Waals surface area contributed by atoms with Gasteiger partial charge in [-0.15, -0.1) is 0 Å². The lowest BCUT2D eigenvalue weighted by atomic mass is 10.1. The molecule has 0 spiro atoms. The summed E-state index contributed by atoms with van der Waals surface area (Å²) in [5.74, 6) is 0.440. The van der Waals surface area contributed by atoms with Crippen molar-refractivity contribution in [3.8, 4) is 5.75 Å². The highest BCUT2D eigenvalue weighted by atomic mass is 16.5. The minimum atomic E-state index is -0.976. The Bertz CT molecular complexity index is 1150. The lowest BCUT2D eigenvalue weighted by Crippen LogP contribution is -2.29. The molecule has 8 heteroatoms. The number of hydrogen-bond donors (Lipinski definition) is 2. The molecule has 3 aromatic rings. The standard InChI is InChI=1S/C24H26N4O4/c1-15(18-7-9-19(10-8-18)24(30)31)25-22(29)21-16(2)26-28-12-11-27(23(21)28)14-17-5-4-6-20(13-17)32-3/h4-10,13,15H,11-12,14H2,1-3H3,(H,25,29)(H,30,31)/t15-/m0/s1. The number of rotatable bonds is 7. The van der Waals surface area contributed by atoms with Crippen LogP contribution in [0.15, 0.2) is 48.5 Å². The summed E-state index contributed by atoms with van der Waals surface area (Å²) in [7, 11) is 1.65. The summed E-state index contributed by atoms with van der Waals surface area (Å²) in [6, 6.07) is 14.1. The summed E-state index contributed by atoms with van der Waals surface area (Å²) in [6.07, 6.45) is 0. The molecule has 32 heavy (non-hydrogen) atoms. The first-order valence-corrected chi connectivity index (χ1v) is 10.5. The van der Waals surface area contributed by atoms with Gasteiger partial charge in [0, 0.05) is 13.1 Å². The zero-order valence-electron chi connectivity index (χ0n) is 18.3. The van der Waals surface area contributed by atoms with E-state index in [1.54, 1.807) is 31.4 Å². The van der Waals surface area contributed by atoms with E-state index in [2.05, 4.69) is 15.3 Å². The number of amides is 1. The molecule has 2 heterocycles. The Balaban J connectivity index is 1.54. The predicted octanol–water partition coefficient (Wildman–Crippen LogP) is 3.41. The Morgan fingerprint density at radius 3 is 2.62 bits per heavy atom. The summed E-state index contributed by atoms with van der Waals surface area (Å²) >= 11 is 0. The highest BCUT2D eigenvalue weighted by Crippen LogP contribution is 2.31. The highest BCUT2D eigenvalue weighted by molar-refractivity contribution is 6.00. The van der Waals surface area contributed by atoms with Gasteiger partial charge in [0.2, 0.25) is 0 Å². The van der Waals surface area contributed by atoms with Crippen LogP contribution >= 0.6 is 0 Å². The zero-order chi connectivity index (χ0) is 22.8. The van der Waals surface area contributed by atoms with Gasteiger partial charge < -0.3 is 20.1 Å². The first kappa shape index (κ1) is 21.4. The molecular weight excluding hydrogens is 408 g/mol. The minimum absolute atomic E-state index is 0.198. The number of carboxylic acids is 1. The summed E-state index contributed by atoms with van der Waals surface area (Å²) in [4.78, 5) is 26.5. The Hall–Kier alpha value is -3.81. The molecule has 0 unspecified atom stereocenters. The van der Waals surface area contributed by atoms with Crippen molar-refractivity contribution in [2.45, 2.75) is 33.0 Å². The quantitative estimate of drug-likeness (QED) is 0.592. The first-order valence-electron chi connectivity index (χ1n) is 10.5. The van der Waals surface area contributed by atoms with Crippen LogP contribution in [0.5, 0.6) is 5.75 Å². The summed E-state index contributed by atoms with van der Waals surface area (Å²) in [5, 5.41) is 16.7. The fraction of sp³-hybridized carbons (Fsp3) is 0.292. The monoisotopic (exact) mass is 434 g/mol. The number of fused-ring (bicyclic) bond motifs is 1. The normalized spacial score (nSPS) is 13.5. The number of aromatic nitrogens is 2. The van der Waals surface area contributed by atoms with Crippen molar-refractivity contribution in [3.63, 3.8) is 0 Å². The van der Waals surface area contributed by atoms with Crippen molar-refractivity contribution in [2.75, 3.05) is 18.6 Å². The number of hydrogen-bond acceptors (Lipinski definition) is 5. The SMILES string of the molecule is COc1cccc(CN2CCn3nc(C)c(C(=O)N[C@@H](C)c4ccc(C(=O)O)cc4)c32)c1. The van der Waals surface area contributed by atoms with Crippen LogP contribution in [0.25, 0.3) is 0 Å². The van der Waals surface area contributed by atoms with E-state index in [-0.39, 0.29) is 17.5 Å². The van der Waals surface area contributed by atoms with Crippen LogP contribution in [0.3, 0.4) is 0 Å². The van der Waals surface area contributed by atoms with Crippen molar-refractivity contribution < 1.29 is 19.4 Å². The first-order chi connectivity index (χ1) is 15.4. The maximum atomic E-state index is 13.2. The molecule has 1 atom stereocenters. The molecule has 1 aliphatic heterocycles. The summed E-state index contributed by atoms with van der Waals surface area (Å²) in [5.41, 5.74) is 3.39. The van der Waals surface area contributed by atoms with Gasteiger partial charge in [-0.1, -0.05) is 24.3 Å². The lowest BCUT2D eigenvalue weighted by molar-refractivity contribution is 0.0696. The molecule has 0 bridgehead atoms. The zero-order valence-corrected chi connectivity index (χ0v) is 18.3. The average molecular weight is 434 g/mol. The van der Waals surface area contributed by atoms with Crippen molar-refractivity contribution in [1.29, 1.82) is 0 Å². The van der Waals surface area contributed by atoms with E-state index in [0.29, 0.717) is 17.8 Å². The predicted molar refractivity (Wildman–Crippen MR) is 120 cm³/mol. The van der Waals surface area contributed by atoms with E-state index in [0.717, 1.165) is 35.8 Å². The Morgan fingerprint density at radius 1 is 1.19 bits per heavy atom. The number of aromatic carboxylic acids is 1. The second-order valence-corrected chi connectivity index (χ2v) is 7.90. The number of nitrogens with one attached hydrogen (secondary N) is 1. The van der Waals surface area contributed by atoms with Gasteiger partial charge in [-0.05, 0) is 49.2 Å². The van der Waals surface area contributed by atoms with Crippen LogP contribution in [-0.2, 0) is 13.1 Å². The minimum Gasteiger partial charge on any atom is -0.497 e. The molecule has 2 aromatic carbocycles. The molecule has 0 radical (unpaired) electrons. The van der Waals surface area contributed by atoms with Crippen molar-refractivity contribution in [3.05, 3.63) is 76.5 Å². The Kier molecular flexibility index (Phi) is 5.85. The van der Waals surface area contributed by atoms with Crippen LogP contribution < -0.4 is 15.0 Å². The third-order valence-electron chi connectivity index (χ3n) is 5.72. The van der Waals surface area contributed by atoms with Gasteiger partial charge in [0.25, 0.3) is 5.91 Å². The van der Waals surface area contributed by atoms with Gasteiger partial charge in [0.05, 0.1) is 31.0 Å². The van der Waals surface area contributed by atoms with E-state index < -0.39 is 5.97 Å². The Labute approximate surface area is 186 Å². The third-order valence-corrected chi connectivity index (χ3v) is 5.72. The number of carbonyl (C=O) groups excluding carboxylic acids is 1. The number of carbonyl (C=O) groups is 2. The van der Waals surface area contributed by atoms with Gasteiger partial charge >= 0.3 is 5.97 Å². The molecule has 0 aliphatic carbocycles. The summed E-state index contributed by atoms with van der Waals surface area (Å²) < 4.78 is 7.21. The highest BCUT2D eigenvalue weighted by Gasteiger charge is 2.30. The van der Waals surface area contributed by atoms with Crippen LogP contribution in [-0.4, -0.2) is 40.4 Å². The third kappa shape index (κ3) is 4.16. The molecular formula is C24H26N4O4. The van der Waals surface area contributed by atoms with E-state index in [1.807, 2.05) is 42.8 Å². The molecule has 1 amide bonds.